The Morgan fingerprint density at radius 2 is 0.973 bits per heavy atom. The molecule has 8 atom stereocenters. The lowest BCUT2D eigenvalue weighted by Gasteiger charge is -2.26. The summed E-state index contributed by atoms with van der Waals surface area (Å²) in [6.07, 6.45) is -1.85. The number of amides is 12. The first-order valence-corrected chi connectivity index (χ1v) is 22.5. The molecule has 0 radical (unpaired) electrons. The van der Waals surface area contributed by atoms with Gasteiger partial charge in [-0.1, -0.05) is 12.1 Å². The van der Waals surface area contributed by atoms with Crippen molar-refractivity contribution in [1.29, 1.82) is 0 Å². The first-order valence-electron chi connectivity index (χ1n) is 22.5. The van der Waals surface area contributed by atoms with Crippen LogP contribution in [0.15, 0.2) is 24.3 Å². The summed E-state index contributed by atoms with van der Waals surface area (Å²) < 4.78 is 0. The number of aliphatic carboxylic acids is 1. The van der Waals surface area contributed by atoms with Crippen molar-refractivity contribution < 1.29 is 82.8 Å². The van der Waals surface area contributed by atoms with Crippen LogP contribution in [0, 0.1) is 0 Å². The fourth-order valence-electron chi connectivity index (χ4n) is 6.19. The van der Waals surface area contributed by atoms with Gasteiger partial charge < -0.3 is 96.9 Å². The third kappa shape index (κ3) is 25.1. The third-order valence-electron chi connectivity index (χ3n) is 10.2. The molecule has 31 heteroatoms. The van der Waals surface area contributed by atoms with E-state index in [1.54, 1.807) is 0 Å². The molecule has 0 spiro atoms. The largest absolute Gasteiger partial charge is 0.508 e. The molecule has 0 aliphatic rings. The zero-order chi connectivity index (χ0) is 55.4. The number of carbonyl (C=O) groups is 13. The van der Waals surface area contributed by atoms with Crippen LogP contribution in [0.2, 0.25) is 0 Å². The Morgan fingerprint density at radius 1 is 0.521 bits per heavy atom. The second-order valence-electron chi connectivity index (χ2n) is 16.3. The van der Waals surface area contributed by atoms with E-state index in [0.29, 0.717) is 12.0 Å². The highest BCUT2D eigenvalue weighted by Crippen LogP contribution is 2.12. The van der Waals surface area contributed by atoms with Gasteiger partial charge in [-0.05, 0) is 69.7 Å². The van der Waals surface area contributed by atoms with Gasteiger partial charge in [-0.2, -0.15) is 0 Å². The predicted octanol–water partition coefficient (Wildman–Crippen LogP) is -9.49. The quantitative estimate of drug-likeness (QED) is 0.0281. The van der Waals surface area contributed by atoms with E-state index in [4.69, 9.17) is 33.8 Å². The maximum atomic E-state index is 13.6. The van der Waals surface area contributed by atoms with Gasteiger partial charge in [0.15, 0.2) is 0 Å². The zero-order valence-corrected chi connectivity index (χ0v) is 39.8. The summed E-state index contributed by atoms with van der Waals surface area (Å²) in [6, 6.07) is -6.52. The van der Waals surface area contributed by atoms with Crippen LogP contribution in [0.25, 0.3) is 0 Å². The van der Waals surface area contributed by atoms with Crippen LogP contribution in [0.3, 0.4) is 0 Å². The molecule has 0 fully saturated rings. The van der Waals surface area contributed by atoms with Crippen LogP contribution in [-0.4, -0.2) is 178 Å². The molecule has 0 aliphatic carbocycles. The number of carboxylic acids is 1. The summed E-state index contributed by atoms with van der Waals surface area (Å²) in [6.45, 7) is -2.39. The lowest BCUT2D eigenvalue weighted by molar-refractivity contribution is -0.144. The molecule has 406 valence electrons. The molecule has 0 saturated carbocycles. The number of hydrogen-bond donors (Lipinski definition) is 18. The number of rotatable bonds is 35. The van der Waals surface area contributed by atoms with Gasteiger partial charge in [0.1, 0.15) is 48.0 Å². The van der Waals surface area contributed by atoms with Crippen molar-refractivity contribution in [1.82, 2.24) is 47.9 Å². The summed E-state index contributed by atoms with van der Waals surface area (Å²) in [5.41, 5.74) is 27.7. The van der Waals surface area contributed by atoms with Gasteiger partial charge in [0.2, 0.25) is 70.9 Å². The maximum absolute atomic E-state index is 13.6. The van der Waals surface area contributed by atoms with Crippen LogP contribution in [-0.2, 0) is 68.7 Å². The van der Waals surface area contributed by atoms with E-state index in [0.717, 1.165) is 0 Å². The second-order valence-corrected chi connectivity index (χ2v) is 16.3. The Kier molecular flexibility index (Phi) is 28.3. The fourth-order valence-corrected chi connectivity index (χ4v) is 6.19. The normalized spacial score (nSPS) is 14.0. The molecule has 0 unspecified atom stereocenters. The summed E-state index contributed by atoms with van der Waals surface area (Å²) >= 11 is 0. The average Bonchev–Trinajstić information content (AvgIpc) is 3.32. The van der Waals surface area contributed by atoms with Crippen molar-refractivity contribution in [3.8, 4) is 5.75 Å². The number of primary amides is 3. The van der Waals surface area contributed by atoms with Crippen molar-refractivity contribution in [2.24, 2.45) is 28.7 Å². The molecule has 23 N–H and O–H groups in total. The first kappa shape index (κ1) is 63.0. The predicted molar refractivity (Wildman–Crippen MR) is 250 cm³/mol. The van der Waals surface area contributed by atoms with E-state index in [9.17, 15) is 77.6 Å². The van der Waals surface area contributed by atoms with E-state index in [-0.39, 0.29) is 44.4 Å². The van der Waals surface area contributed by atoms with E-state index >= 15 is 0 Å². The van der Waals surface area contributed by atoms with E-state index in [1.165, 1.54) is 31.2 Å². The smallest absolute Gasteiger partial charge is 0.326 e. The number of carboxylic acid groups (broad SMARTS) is 1. The highest BCUT2D eigenvalue weighted by atomic mass is 16.4. The molecule has 12 amide bonds. The SMILES string of the molecule is C[C@H](NC(=O)[C@H](CCC(N)=O)NC(=O)[C@@H](N)Cc1ccc(O)cc1)C(=O)N[C@@H](CCCCN)C(=O)N[C@@H](CO)C(=O)N[C@@H](CCC(N)=O)C(=O)NCC(=O)NCC(=O)N[C@@H](CO)C(=O)N[C@@H](CC(N)=O)C(=O)O. The number of aliphatic hydroxyl groups excluding tert-OH is 2. The lowest BCUT2D eigenvalue weighted by atomic mass is 10.0. The standard InChI is InChI=1S/C42H66N14O17/c1-20(50-38(68)26(10-12-31(46)61)53-36(66)23(44)14-21-5-7-22(59)8-6-21)35(65)52-24(4-2-3-13-43)39(69)56-29(19-58)41(71)54-25(9-11-30(45)60)37(67)49-16-33(63)48-17-34(64)51-28(18-57)40(70)55-27(42(72)73)15-32(47)62/h5-8,20,23-29,57-59H,2-4,9-19,43-44H2,1H3,(H2,45,60)(H2,46,61)(H2,47,62)(H,48,63)(H,49,67)(H,50,68)(H,51,64)(H,52,65)(H,53,66)(H,54,71)(H,55,70)(H,56,69)(H,72,73)/t20-,23-,24-,25-,26-,27-,28-,29-/m0/s1. The molecule has 0 aliphatic heterocycles. The van der Waals surface area contributed by atoms with Gasteiger partial charge in [-0.15, -0.1) is 0 Å². The van der Waals surface area contributed by atoms with Gasteiger partial charge in [0.25, 0.3) is 0 Å². The Morgan fingerprint density at radius 3 is 1.49 bits per heavy atom. The molecular weight excluding hydrogens is 973 g/mol. The summed E-state index contributed by atoms with van der Waals surface area (Å²) in [5.74, 6) is -13.7. The van der Waals surface area contributed by atoms with Gasteiger partial charge >= 0.3 is 5.97 Å². The summed E-state index contributed by atoms with van der Waals surface area (Å²) in [5, 5.41) is 58.2. The molecule has 1 aromatic carbocycles. The Bertz CT molecular complexity index is 2130. The molecule has 31 nitrogen and oxygen atoms in total. The minimum Gasteiger partial charge on any atom is -0.508 e. The highest BCUT2D eigenvalue weighted by molar-refractivity contribution is 5.98. The lowest BCUT2D eigenvalue weighted by Crippen LogP contribution is -2.60. The van der Waals surface area contributed by atoms with Crippen molar-refractivity contribution in [2.45, 2.75) is 113 Å². The molecule has 1 aromatic rings. The number of benzene rings is 1. The number of aromatic hydroxyl groups is 1. The number of carbonyl (C=O) groups excluding carboxylic acids is 12. The molecule has 73 heavy (non-hydrogen) atoms. The van der Waals surface area contributed by atoms with E-state index in [2.05, 4.69) is 37.2 Å². The molecule has 0 aromatic heterocycles. The van der Waals surface area contributed by atoms with Crippen LogP contribution in [0.5, 0.6) is 5.75 Å². The van der Waals surface area contributed by atoms with Crippen molar-refractivity contribution in [3.05, 3.63) is 29.8 Å². The molecule has 0 heterocycles. The van der Waals surface area contributed by atoms with Gasteiger partial charge in [0.05, 0.1) is 38.8 Å². The van der Waals surface area contributed by atoms with Gasteiger partial charge in [-0.25, -0.2) is 4.79 Å². The Labute approximate surface area is 416 Å². The minimum absolute atomic E-state index is 0.00531. The highest BCUT2D eigenvalue weighted by Gasteiger charge is 2.33. The topological polar surface area (TPSA) is 541 Å². The van der Waals surface area contributed by atoms with Crippen LogP contribution >= 0.6 is 0 Å². The molecule has 1 rings (SSSR count). The fraction of sp³-hybridized carbons (Fsp3) is 0.548. The van der Waals surface area contributed by atoms with Crippen LogP contribution in [0.1, 0.15) is 63.9 Å². The van der Waals surface area contributed by atoms with Crippen molar-refractivity contribution in [2.75, 3.05) is 32.8 Å². The number of phenolic OH excluding ortho intramolecular Hbond substituents is 1. The third-order valence-corrected chi connectivity index (χ3v) is 10.2. The number of hydrogen-bond acceptors (Lipinski definition) is 18. The number of phenols is 1. The number of unbranched alkanes of at least 4 members (excludes halogenated alkanes) is 1. The molecule has 0 saturated heterocycles. The number of nitrogens with two attached hydrogens (primary N) is 5. The Balaban J connectivity index is 3.01. The first-order chi connectivity index (χ1) is 34.3. The van der Waals surface area contributed by atoms with E-state index in [1.807, 2.05) is 10.6 Å². The Hall–Kier alpha value is -8.03. The average molecular weight is 1040 g/mol. The maximum Gasteiger partial charge on any atom is 0.326 e. The van der Waals surface area contributed by atoms with Crippen molar-refractivity contribution >= 4 is 76.9 Å². The van der Waals surface area contributed by atoms with Gasteiger partial charge in [-0.3, -0.25) is 57.5 Å². The monoisotopic (exact) mass is 1040 g/mol. The molecule has 0 bridgehead atoms. The minimum atomic E-state index is -1.80. The van der Waals surface area contributed by atoms with Crippen LogP contribution in [0.4, 0.5) is 0 Å². The second kappa shape index (κ2) is 32.8. The van der Waals surface area contributed by atoms with Crippen LogP contribution < -0.4 is 76.5 Å². The number of aliphatic hydroxyl groups is 2. The molecular formula is C42H66N14O17. The zero-order valence-electron chi connectivity index (χ0n) is 39.8. The van der Waals surface area contributed by atoms with Crippen molar-refractivity contribution in [3.63, 3.8) is 0 Å². The van der Waals surface area contributed by atoms with E-state index < -0.39 is 171 Å². The summed E-state index contributed by atoms with van der Waals surface area (Å²) in [4.78, 5) is 163. The van der Waals surface area contributed by atoms with Gasteiger partial charge in [0, 0.05) is 12.8 Å². The summed E-state index contributed by atoms with van der Waals surface area (Å²) in [7, 11) is 0. The number of nitrogens with one attached hydrogen (secondary N) is 9.